The number of amides is 1. The lowest BCUT2D eigenvalue weighted by Crippen LogP contribution is -2.37. The van der Waals surface area contributed by atoms with E-state index in [1.54, 1.807) is 61.3 Å². The molecule has 0 N–H and O–H groups in total. The molecule has 7 rings (SSSR count). The highest BCUT2D eigenvalue weighted by atomic mass is 32.2. The number of anilines is 1. The number of hydrogen-bond donors (Lipinski definition) is 0. The molecule has 8 nitrogen and oxygen atoms in total. The van der Waals surface area contributed by atoms with Crippen molar-refractivity contribution in [3.63, 3.8) is 0 Å². The smallest absolute Gasteiger partial charge is 0.260 e. The van der Waals surface area contributed by atoms with Gasteiger partial charge in [0.1, 0.15) is 11.1 Å². The topological polar surface area (TPSA) is 109 Å². The van der Waals surface area contributed by atoms with Gasteiger partial charge in [0.15, 0.2) is 15.5 Å². The largest absolute Gasteiger partial charge is 0.310 e. The summed E-state index contributed by atoms with van der Waals surface area (Å²) < 4.78 is 27.8. The van der Waals surface area contributed by atoms with Gasteiger partial charge in [-0.2, -0.15) is 5.26 Å². The summed E-state index contributed by atoms with van der Waals surface area (Å²) in [6, 6.07) is 34.2. The zero-order valence-corrected chi connectivity index (χ0v) is 30.5. The number of hydrogen-bond acceptors (Lipinski definition) is 6. The zero-order valence-electron chi connectivity index (χ0n) is 29.6. The lowest BCUT2D eigenvalue weighted by atomic mass is 9.76. The number of rotatable bonds is 10. The molecule has 0 aliphatic carbocycles. The van der Waals surface area contributed by atoms with Crippen molar-refractivity contribution in [2.45, 2.75) is 43.0 Å². The fraction of sp³-hybridized carbons (Fsp3) is 0.136. The molecule has 0 radical (unpaired) electrons. The predicted molar refractivity (Wildman–Crippen MR) is 209 cm³/mol. The van der Waals surface area contributed by atoms with Crippen molar-refractivity contribution in [2.24, 2.45) is 0 Å². The minimum atomic E-state index is -3.47. The Balaban J connectivity index is 1.53. The molecule has 6 aromatic rings. The molecular formula is C44H37N5O3S. The van der Waals surface area contributed by atoms with Gasteiger partial charge in [-0.05, 0) is 61.2 Å². The van der Waals surface area contributed by atoms with E-state index in [1.165, 1.54) is 0 Å². The summed E-state index contributed by atoms with van der Waals surface area (Å²) in [5, 5.41) is 9.36. The number of fused-ring (bicyclic) bond motifs is 2. The molecule has 262 valence electrons. The summed E-state index contributed by atoms with van der Waals surface area (Å²) in [7, 11) is -3.47. The summed E-state index contributed by atoms with van der Waals surface area (Å²) in [4.78, 5) is 26.4. The number of benzene rings is 4. The van der Waals surface area contributed by atoms with E-state index in [0.717, 1.165) is 22.3 Å². The highest BCUT2D eigenvalue weighted by molar-refractivity contribution is 7.92. The van der Waals surface area contributed by atoms with Crippen LogP contribution in [0.4, 0.5) is 5.69 Å². The molecule has 2 aromatic heterocycles. The van der Waals surface area contributed by atoms with E-state index < -0.39 is 20.6 Å². The quantitative estimate of drug-likeness (QED) is 0.131. The van der Waals surface area contributed by atoms with Crippen molar-refractivity contribution in [3.8, 4) is 17.3 Å². The van der Waals surface area contributed by atoms with Crippen molar-refractivity contribution >= 4 is 32.6 Å². The maximum absolute atomic E-state index is 14.3. The second-order valence-electron chi connectivity index (χ2n) is 13.1. The van der Waals surface area contributed by atoms with Gasteiger partial charge in [-0.25, -0.2) is 18.4 Å². The number of aromatic nitrogens is 3. The summed E-state index contributed by atoms with van der Waals surface area (Å²) in [5.74, 6) is -0.302. The van der Waals surface area contributed by atoms with Crippen LogP contribution in [0.1, 0.15) is 53.4 Å². The molecule has 0 spiro atoms. The minimum Gasteiger partial charge on any atom is -0.310 e. The molecule has 0 bridgehead atoms. The second-order valence-corrected chi connectivity index (χ2v) is 15.6. The molecule has 4 aromatic carbocycles. The van der Waals surface area contributed by atoms with E-state index in [1.807, 2.05) is 84.5 Å². The Labute approximate surface area is 309 Å². The molecule has 9 heteroatoms. The number of sulfone groups is 1. The van der Waals surface area contributed by atoms with Crippen LogP contribution < -0.4 is 4.90 Å². The first-order chi connectivity index (χ1) is 25.6. The third-order valence-electron chi connectivity index (χ3n) is 9.73. The Hall–Kier alpha value is -6.37. The molecule has 1 amide bonds. The predicted octanol–water partition coefficient (Wildman–Crippen LogP) is 8.79. The number of carbonyl (C=O) groups is 1. The van der Waals surface area contributed by atoms with Gasteiger partial charge in [-0.1, -0.05) is 116 Å². The van der Waals surface area contributed by atoms with Crippen LogP contribution in [0.5, 0.6) is 0 Å². The monoisotopic (exact) mass is 715 g/mol. The van der Waals surface area contributed by atoms with Gasteiger partial charge >= 0.3 is 0 Å². The average Bonchev–Trinajstić information content (AvgIpc) is 3.73. The van der Waals surface area contributed by atoms with Crippen LogP contribution in [0, 0.1) is 11.3 Å². The summed E-state index contributed by atoms with van der Waals surface area (Å²) >= 11 is 0. The van der Waals surface area contributed by atoms with Crippen LogP contribution >= 0.6 is 0 Å². The molecule has 1 aliphatic rings. The Morgan fingerprint density at radius 3 is 2.19 bits per heavy atom. The lowest BCUT2D eigenvalue weighted by molar-refractivity contribution is 0.0996. The maximum Gasteiger partial charge on any atom is 0.260 e. The third kappa shape index (κ3) is 5.87. The van der Waals surface area contributed by atoms with Crippen LogP contribution in [-0.4, -0.2) is 34.1 Å². The fourth-order valence-electron chi connectivity index (χ4n) is 7.04. The summed E-state index contributed by atoms with van der Waals surface area (Å²) in [6.45, 7) is 10.2. The van der Waals surface area contributed by atoms with Crippen molar-refractivity contribution < 1.29 is 13.2 Å². The van der Waals surface area contributed by atoms with Gasteiger partial charge in [-0.15, -0.1) is 0 Å². The molecule has 3 heterocycles. The third-order valence-corrected chi connectivity index (χ3v) is 11.9. The first kappa shape index (κ1) is 35.1. The van der Waals surface area contributed by atoms with Crippen LogP contribution in [0.15, 0.2) is 157 Å². The van der Waals surface area contributed by atoms with E-state index in [0.29, 0.717) is 39.2 Å². The van der Waals surface area contributed by atoms with Gasteiger partial charge in [0, 0.05) is 11.8 Å². The molecule has 0 saturated heterocycles. The lowest BCUT2D eigenvalue weighted by Gasteiger charge is -2.38. The van der Waals surface area contributed by atoms with E-state index in [2.05, 4.69) is 36.9 Å². The SMILES string of the molecule is C=C(/C=C\C=C/C)C(c1ccccc1)(c1ccccc1)n1cc(N2Cc3cccc(C#N)c3C2=O)c2nc(-c3ccc(S(=O)(=O)C(C)C)cc3)cnc21. The van der Waals surface area contributed by atoms with Gasteiger partial charge in [0.25, 0.3) is 5.91 Å². The number of nitriles is 1. The van der Waals surface area contributed by atoms with Crippen LogP contribution in [0.25, 0.3) is 22.4 Å². The first-order valence-electron chi connectivity index (χ1n) is 17.3. The minimum absolute atomic E-state index is 0.228. The molecule has 53 heavy (non-hydrogen) atoms. The molecule has 0 unspecified atom stereocenters. The van der Waals surface area contributed by atoms with Gasteiger partial charge < -0.3 is 9.47 Å². The molecule has 1 aliphatic heterocycles. The summed E-state index contributed by atoms with van der Waals surface area (Å²) in [5.41, 5.74) is 5.61. The van der Waals surface area contributed by atoms with Crippen molar-refractivity contribution in [2.75, 3.05) is 4.90 Å². The number of carbonyl (C=O) groups excluding carboxylic acids is 1. The Morgan fingerprint density at radius 1 is 0.925 bits per heavy atom. The van der Waals surface area contributed by atoms with E-state index in [9.17, 15) is 18.5 Å². The Morgan fingerprint density at radius 2 is 1.58 bits per heavy atom. The Kier molecular flexibility index (Phi) is 9.25. The normalized spacial score (nSPS) is 13.3. The van der Waals surface area contributed by atoms with Crippen LogP contribution in [-0.2, 0) is 21.9 Å². The van der Waals surface area contributed by atoms with Gasteiger partial charge in [0.2, 0.25) is 0 Å². The van der Waals surface area contributed by atoms with E-state index in [-0.39, 0.29) is 17.3 Å². The van der Waals surface area contributed by atoms with Crippen molar-refractivity contribution in [1.29, 1.82) is 5.26 Å². The Bertz CT molecular complexity index is 2540. The van der Waals surface area contributed by atoms with Crippen LogP contribution in [0.2, 0.25) is 0 Å². The standard InChI is InChI=1S/C44H37N5O3S/c1-5-6-9-15-31(4)44(35-18-10-7-11-19-35,36-20-12-8-13-21-36)49-29-39(48-28-34-17-14-16-33(26-45)40(34)43(48)50)41-42(49)46-27-38(47-41)32-22-24-37(25-23-32)53(51,52)30(2)3/h5-25,27,29-30H,4,28H2,1-3H3/b6-5-,15-9-. The average molecular weight is 716 g/mol. The first-order valence-corrected chi connectivity index (χ1v) is 18.8. The molecule has 0 fully saturated rings. The van der Waals surface area contributed by atoms with Crippen LogP contribution in [0.3, 0.4) is 0 Å². The van der Waals surface area contributed by atoms with Crippen molar-refractivity contribution in [1.82, 2.24) is 14.5 Å². The summed E-state index contributed by atoms with van der Waals surface area (Å²) in [6.07, 6.45) is 11.4. The zero-order chi connectivity index (χ0) is 37.3. The molecular weight excluding hydrogens is 679 g/mol. The molecule has 0 saturated carbocycles. The number of allylic oxidation sites excluding steroid dienone is 5. The maximum atomic E-state index is 14.3. The number of nitrogens with zero attached hydrogens (tertiary/aromatic N) is 5. The van der Waals surface area contributed by atoms with E-state index >= 15 is 0 Å². The second kappa shape index (κ2) is 14.0. The van der Waals surface area contributed by atoms with E-state index in [4.69, 9.17) is 9.97 Å². The highest BCUT2D eigenvalue weighted by Crippen LogP contribution is 2.46. The highest BCUT2D eigenvalue weighted by Gasteiger charge is 2.42. The van der Waals surface area contributed by atoms with Gasteiger partial charge in [-0.3, -0.25) is 4.79 Å². The van der Waals surface area contributed by atoms with Crippen molar-refractivity contribution in [3.05, 3.63) is 180 Å². The van der Waals surface area contributed by atoms with Gasteiger partial charge in [0.05, 0.1) is 51.5 Å². The fourth-order valence-corrected chi connectivity index (χ4v) is 8.10. The molecule has 0 atom stereocenters.